The highest BCUT2D eigenvalue weighted by Crippen LogP contribution is 2.28. The lowest BCUT2D eigenvalue weighted by Crippen LogP contribution is -2.11. The van der Waals surface area contributed by atoms with Gasteiger partial charge in [-0.05, 0) is 42.7 Å². The third-order valence-corrected chi connectivity index (χ3v) is 3.69. The molecular formula is C16H17BrFN. The van der Waals surface area contributed by atoms with Gasteiger partial charge in [0.15, 0.2) is 0 Å². The van der Waals surface area contributed by atoms with Crippen LogP contribution < -0.4 is 5.32 Å². The molecule has 0 amide bonds. The summed E-state index contributed by atoms with van der Waals surface area (Å²) in [5.74, 6) is -0.201. The van der Waals surface area contributed by atoms with Crippen LogP contribution in [0.4, 0.5) is 10.1 Å². The van der Waals surface area contributed by atoms with Gasteiger partial charge in [0, 0.05) is 4.47 Å². The molecule has 0 aliphatic heterocycles. The molecule has 1 N–H and O–H groups in total. The Hall–Kier alpha value is -1.35. The minimum absolute atomic E-state index is 0.105. The Kier molecular flexibility index (Phi) is 4.59. The Morgan fingerprint density at radius 3 is 2.58 bits per heavy atom. The topological polar surface area (TPSA) is 12.0 Å². The lowest BCUT2D eigenvalue weighted by Gasteiger charge is -2.21. The maximum atomic E-state index is 13.9. The van der Waals surface area contributed by atoms with E-state index in [1.807, 2.05) is 25.1 Å². The average molecular weight is 322 g/mol. The molecular weight excluding hydrogens is 305 g/mol. The SMILES string of the molecule is CCC(Nc1c(C)cccc1F)c1cccc(Br)c1. The van der Waals surface area contributed by atoms with Crippen LogP contribution in [0.1, 0.15) is 30.5 Å². The zero-order valence-corrected chi connectivity index (χ0v) is 12.7. The third-order valence-electron chi connectivity index (χ3n) is 3.20. The monoisotopic (exact) mass is 321 g/mol. The van der Waals surface area contributed by atoms with E-state index >= 15 is 0 Å². The van der Waals surface area contributed by atoms with Crippen LogP contribution in [0.15, 0.2) is 46.9 Å². The standard InChI is InChI=1S/C16H17BrFN/c1-3-15(12-7-5-8-13(17)10-12)19-16-11(2)6-4-9-14(16)18/h4-10,15,19H,3H2,1-2H3. The lowest BCUT2D eigenvalue weighted by molar-refractivity contribution is 0.622. The molecule has 0 aromatic heterocycles. The van der Waals surface area contributed by atoms with E-state index in [1.54, 1.807) is 6.07 Å². The first-order valence-corrected chi connectivity index (χ1v) is 7.18. The highest BCUT2D eigenvalue weighted by molar-refractivity contribution is 9.10. The van der Waals surface area contributed by atoms with Crippen molar-refractivity contribution >= 4 is 21.6 Å². The van der Waals surface area contributed by atoms with E-state index in [1.165, 1.54) is 6.07 Å². The summed E-state index contributed by atoms with van der Waals surface area (Å²) in [6.45, 7) is 4.01. The van der Waals surface area contributed by atoms with E-state index in [0.717, 1.165) is 22.0 Å². The number of anilines is 1. The van der Waals surface area contributed by atoms with Crippen LogP contribution in [0, 0.1) is 12.7 Å². The van der Waals surface area contributed by atoms with Crippen LogP contribution in [-0.4, -0.2) is 0 Å². The Balaban J connectivity index is 2.29. The fraction of sp³-hybridized carbons (Fsp3) is 0.250. The van der Waals surface area contributed by atoms with Gasteiger partial charge in [-0.1, -0.05) is 47.1 Å². The quantitative estimate of drug-likeness (QED) is 0.788. The first-order valence-electron chi connectivity index (χ1n) is 6.39. The molecule has 0 saturated carbocycles. The molecule has 1 nitrogen and oxygen atoms in total. The van der Waals surface area contributed by atoms with Crippen molar-refractivity contribution in [2.24, 2.45) is 0 Å². The molecule has 0 saturated heterocycles. The van der Waals surface area contributed by atoms with Crippen molar-refractivity contribution < 1.29 is 4.39 Å². The van der Waals surface area contributed by atoms with Crippen molar-refractivity contribution in [1.29, 1.82) is 0 Å². The molecule has 0 aliphatic carbocycles. The summed E-state index contributed by atoms with van der Waals surface area (Å²) < 4.78 is 14.9. The fourth-order valence-electron chi connectivity index (χ4n) is 2.13. The predicted octanol–water partition coefficient (Wildman–Crippen LogP) is 5.46. The highest BCUT2D eigenvalue weighted by atomic mass is 79.9. The summed E-state index contributed by atoms with van der Waals surface area (Å²) >= 11 is 3.47. The van der Waals surface area contributed by atoms with Crippen molar-refractivity contribution in [2.75, 3.05) is 5.32 Å². The first-order chi connectivity index (χ1) is 9.11. The third kappa shape index (κ3) is 3.35. The summed E-state index contributed by atoms with van der Waals surface area (Å²) in [7, 11) is 0. The molecule has 1 atom stereocenters. The van der Waals surface area contributed by atoms with Gasteiger partial charge >= 0.3 is 0 Å². The van der Waals surface area contributed by atoms with Crippen molar-refractivity contribution in [2.45, 2.75) is 26.3 Å². The molecule has 3 heteroatoms. The van der Waals surface area contributed by atoms with Crippen LogP contribution >= 0.6 is 15.9 Å². The van der Waals surface area contributed by atoms with Gasteiger partial charge in [-0.15, -0.1) is 0 Å². The van der Waals surface area contributed by atoms with E-state index in [9.17, 15) is 4.39 Å². The van der Waals surface area contributed by atoms with Crippen molar-refractivity contribution in [3.63, 3.8) is 0 Å². The van der Waals surface area contributed by atoms with Crippen molar-refractivity contribution in [3.8, 4) is 0 Å². The molecule has 0 radical (unpaired) electrons. The maximum absolute atomic E-state index is 13.9. The van der Waals surface area contributed by atoms with E-state index in [0.29, 0.717) is 5.69 Å². The van der Waals surface area contributed by atoms with Gasteiger partial charge in [0.25, 0.3) is 0 Å². The molecule has 0 heterocycles. The molecule has 2 aromatic rings. The van der Waals surface area contributed by atoms with Gasteiger partial charge in [-0.25, -0.2) is 4.39 Å². The molecule has 2 rings (SSSR count). The number of para-hydroxylation sites is 1. The first kappa shape index (κ1) is 14.1. The summed E-state index contributed by atoms with van der Waals surface area (Å²) in [6.07, 6.45) is 0.893. The van der Waals surface area contributed by atoms with Crippen LogP contribution in [0.3, 0.4) is 0 Å². The average Bonchev–Trinajstić information content (AvgIpc) is 2.38. The normalized spacial score (nSPS) is 12.2. The zero-order valence-electron chi connectivity index (χ0n) is 11.1. The second-order valence-electron chi connectivity index (χ2n) is 4.59. The van der Waals surface area contributed by atoms with Crippen LogP contribution in [-0.2, 0) is 0 Å². The Morgan fingerprint density at radius 1 is 1.21 bits per heavy atom. The van der Waals surface area contributed by atoms with E-state index in [-0.39, 0.29) is 11.9 Å². The van der Waals surface area contributed by atoms with Crippen molar-refractivity contribution in [1.82, 2.24) is 0 Å². The van der Waals surface area contributed by atoms with Crippen molar-refractivity contribution in [3.05, 3.63) is 63.9 Å². The Morgan fingerprint density at radius 2 is 1.95 bits per heavy atom. The fourth-order valence-corrected chi connectivity index (χ4v) is 2.55. The maximum Gasteiger partial charge on any atom is 0.146 e. The predicted molar refractivity (Wildman–Crippen MR) is 81.9 cm³/mol. The number of nitrogens with one attached hydrogen (secondary N) is 1. The van der Waals surface area contributed by atoms with Gasteiger partial charge in [-0.2, -0.15) is 0 Å². The van der Waals surface area contributed by atoms with E-state index in [4.69, 9.17) is 0 Å². The molecule has 1 unspecified atom stereocenters. The minimum Gasteiger partial charge on any atom is -0.376 e. The molecule has 0 spiro atoms. The van der Waals surface area contributed by atoms with Crippen LogP contribution in [0.25, 0.3) is 0 Å². The summed E-state index contributed by atoms with van der Waals surface area (Å²) in [6, 6.07) is 13.4. The minimum atomic E-state index is -0.201. The molecule has 100 valence electrons. The Bertz CT molecular complexity index is 548. The highest BCUT2D eigenvalue weighted by Gasteiger charge is 2.13. The molecule has 2 aromatic carbocycles. The van der Waals surface area contributed by atoms with Gasteiger partial charge in [0.1, 0.15) is 5.82 Å². The summed E-state index contributed by atoms with van der Waals surface area (Å²) in [4.78, 5) is 0. The number of rotatable bonds is 4. The number of hydrogen-bond donors (Lipinski definition) is 1. The van der Waals surface area contributed by atoms with Gasteiger partial charge in [0.2, 0.25) is 0 Å². The number of benzene rings is 2. The van der Waals surface area contributed by atoms with E-state index < -0.39 is 0 Å². The zero-order chi connectivity index (χ0) is 13.8. The van der Waals surface area contributed by atoms with Crippen LogP contribution in [0.5, 0.6) is 0 Å². The summed E-state index contributed by atoms with van der Waals surface area (Å²) in [5, 5.41) is 3.31. The second kappa shape index (κ2) is 6.20. The number of halogens is 2. The van der Waals surface area contributed by atoms with Gasteiger partial charge in [0.05, 0.1) is 11.7 Å². The number of aryl methyl sites for hydroxylation is 1. The Labute approximate surface area is 122 Å². The molecule has 0 bridgehead atoms. The van der Waals surface area contributed by atoms with Gasteiger partial charge < -0.3 is 5.32 Å². The molecule has 0 aliphatic rings. The number of hydrogen-bond acceptors (Lipinski definition) is 1. The van der Waals surface area contributed by atoms with Gasteiger partial charge in [-0.3, -0.25) is 0 Å². The second-order valence-corrected chi connectivity index (χ2v) is 5.51. The largest absolute Gasteiger partial charge is 0.376 e. The van der Waals surface area contributed by atoms with E-state index in [2.05, 4.69) is 40.3 Å². The molecule has 0 fully saturated rings. The van der Waals surface area contributed by atoms with Crippen LogP contribution in [0.2, 0.25) is 0 Å². The smallest absolute Gasteiger partial charge is 0.146 e. The molecule has 19 heavy (non-hydrogen) atoms. The summed E-state index contributed by atoms with van der Waals surface area (Å²) in [5.41, 5.74) is 2.67. The lowest BCUT2D eigenvalue weighted by atomic mass is 10.0.